The molecule has 0 aliphatic carbocycles. The van der Waals surface area contributed by atoms with E-state index in [4.69, 9.17) is 5.73 Å². The molecule has 0 aromatic carbocycles. The number of thiazole rings is 1. The molecule has 7 nitrogen and oxygen atoms in total. The summed E-state index contributed by atoms with van der Waals surface area (Å²) in [5, 5.41) is 16.6. The molecule has 2 rings (SSSR count). The number of nitrogens with one attached hydrogen (secondary N) is 1. The third-order valence-electron chi connectivity index (χ3n) is 2.41. The van der Waals surface area contributed by atoms with Crippen LogP contribution in [0.3, 0.4) is 0 Å². The second kappa shape index (κ2) is 5.19. The van der Waals surface area contributed by atoms with Crippen molar-refractivity contribution in [1.82, 2.24) is 9.97 Å². The molecule has 0 saturated heterocycles. The number of nitrogen functional groups attached to an aromatic ring is 1. The minimum absolute atomic E-state index is 0.0856. The highest BCUT2D eigenvalue weighted by Crippen LogP contribution is 2.24. The molecule has 8 heteroatoms. The van der Waals surface area contributed by atoms with Gasteiger partial charge in [-0.25, -0.2) is 9.97 Å². The summed E-state index contributed by atoms with van der Waals surface area (Å²) in [5.74, 6) is 0.478. The Morgan fingerprint density at radius 1 is 1.47 bits per heavy atom. The van der Waals surface area contributed by atoms with Crippen molar-refractivity contribution in [3.8, 4) is 0 Å². The Labute approximate surface area is 113 Å². The maximum absolute atomic E-state index is 10.7. The molecule has 0 saturated carbocycles. The van der Waals surface area contributed by atoms with E-state index in [2.05, 4.69) is 15.3 Å². The molecule has 100 valence electrons. The number of nitro groups is 1. The Bertz CT molecular complexity index is 613. The van der Waals surface area contributed by atoms with Crippen molar-refractivity contribution in [2.24, 2.45) is 0 Å². The summed E-state index contributed by atoms with van der Waals surface area (Å²) in [6, 6.07) is 2.49. The monoisotopic (exact) mass is 279 g/mol. The van der Waals surface area contributed by atoms with Gasteiger partial charge in [-0.05, 0) is 13.8 Å². The van der Waals surface area contributed by atoms with Crippen LogP contribution in [0.4, 0.5) is 17.3 Å². The van der Waals surface area contributed by atoms with Gasteiger partial charge in [0.2, 0.25) is 0 Å². The molecule has 0 amide bonds. The van der Waals surface area contributed by atoms with E-state index >= 15 is 0 Å². The van der Waals surface area contributed by atoms with Crippen molar-refractivity contribution in [2.45, 2.75) is 19.9 Å². The summed E-state index contributed by atoms with van der Waals surface area (Å²) in [5.41, 5.74) is 6.41. The number of nitrogens with two attached hydrogens (primary N) is 1. The van der Waals surface area contributed by atoms with E-state index in [1.165, 1.54) is 23.5 Å². The summed E-state index contributed by atoms with van der Waals surface area (Å²) >= 11 is 1.53. The Morgan fingerprint density at radius 3 is 2.79 bits per heavy atom. The number of hydrogen-bond donors (Lipinski definition) is 2. The number of nitrogens with zero attached hydrogens (tertiary/aromatic N) is 3. The number of hydrogen-bond acceptors (Lipinski definition) is 7. The number of anilines is 2. The van der Waals surface area contributed by atoms with Crippen molar-refractivity contribution >= 4 is 28.7 Å². The van der Waals surface area contributed by atoms with Crippen LogP contribution in [0, 0.1) is 17.0 Å². The van der Waals surface area contributed by atoms with Gasteiger partial charge in [0, 0.05) is 11.1 Å². The van der Waals surface area contributed by atoms with Gasteiger partial charge in [0.25, 0.3) is 5.69 Å². The molecule has 0 fully saturated rings. The lowest BCUT2D eigenvalue weighted by Crippen LogP contribution is -2.09. The highest BCUT2D eigenvalue weighted by Gasteiger charge is 2.14. The molecule has 1 atom stereocenters. The SMILES string of the molecule is Cc1csc(C(C)Nc2cc([N+](=O)[O-])cc(N)n2)n1. The average molecular weight is 279 g/mol. The Balaban J connectivity index is 2.21. The summed E-state index contributed by atoms with van der Waals surface area (Å²) in [7, 11) is 0. The average Bonchev–Trinajstić information content (AvgIpc) is 2.75. The first-order valence-electron chi connectivity index (χ1n) is 5.56. The molecule has 2 heterocycles. The van der Waals surface area contributed by atoms with E-state index in [-0.39, 0.29) is 17.5 Å². The first-order valence-corrected chi connectivity index (χ1v) is 6.44. The van der Waals surface area contributed by atoms with Crippen LogP contribution in [-0.4, -0.2) is 14.9 Å². The van der Waals surface area contributed by atoms with Crippen molar-refractivity contribution < 1.29 is 4.92 Å². The van der Waals surface area contributed by atoms with Crippen molar-refractivity contribution in [1.29, 1.82) is 0 Å². The van der Waals surface area contributed by atoms with Crippen molar-refractivity contribution in [2.75, 3.05) is 11.1 Å². The standard InChI is InChI=1S/C11H13N5O2S/c1-6-5-19-11(13-6)7(2)14-10-4-8(16(17)18)3-9(12)15-10/h3-5,7H,1-2H3,(H3,12,14,15). The first kappa shape index (κ1) is 13.2. The van der Waals surface area contributed by atoms with E-state index in [9.17, 15) is 10.1 Å². The zero-order valence-electron chi connectivity index (χ0n) is 10.5. The molecule has 1 unspecified atom stereocenters. The molecule has 2 aromatic heterocycles. The van der Waals surface area contributed by atoms with Gasteiger partial charge < -0.3 is 11.1 Å². The normalized spacial score (nSPS) is 12.1. The van der Waals surface area contributed by atoms with E-state index in [1.54, 1.807) is 0 Å². The number of aryl methyl sites for hydroxylation is 1. The fourth-order valence-corrected chi connectivity index (χ4v) is 2.37. The Hall–Kier alpha value is -2.22. The van der Waals surface area contributed by atoms with Gasteiger partial charge in [0.1, 0.15) is 16.6 Å². The second-order valence-corrected chi connectivity index (χ2v) is 4.98. The van der Waals surface area contributed by atoms with E-state index in [0.29, 0.717) is 5.82 Å². The maximum atomic E-state index is 10.7. The van der Waals surface area contributed by atoms with Gasteiger partial charge in [-0.15, -0.1) is 11.3 Å². The second-order valence-electron chi connectivity index (χ2n) is 4.09. The van der Waals surface area contributed by atoms with Crippen molar-refractivity contribution in [3.63, 3.8) is 0 Å². The molecular formula is C11H13N5O2S. The lowest BCUT2D eigenvalue weighted by molar-refractivity contribution is -0.384. The van der Waals surface area contributed by atoms with Crippen LogP contribution in [-0.2, 0) is 0 Å². The van der Waals surface area contributed by atoms with Gasteiger partial charge in [-0.2, -0.15) is 0 Å². The molecule has 19 heavy (non-hydrogen) atoms. The molecule has 0 spiro atoms. The first-order chi connectivity index (χ1) is 8.95. The minimum atomic E-state index is -0.499. The van der Waals surface area contributed by atoms with Crippen LogP contribution in [0.5, 0.6) is 0 Å². The zero-order chi connectivity index (χ0) is 14.0. The van der Waals surface area contributed by atoms with Crippen LogP contribution in [0.2, 0.25) is 0 Å². The summed E-state index contributed by atoms with van der Waals surface area (Å²) in [4.78, 5) is 18.6. The van der Waals surface area contributed by atoms with Gasteiger partial charge in [-0.1, -0.05) is 0 Å². The molecule has 0 bridgehead atoms. The predicted octanol–water partition coefficient (Wildman–Crippen LogP) is 2.51. The van der Waals surface area contributed by atoms with Gasteiger partial charge in [-0.3, -0.25) is 10.1 Å². The smallest absolute Gasteiger partial charge is 0.276 e. The Kier molecular flexibility index (Phi) is 3.61. The third-order valence-corrected chi connectivity index (χ3v) is 3.56. The van der Waals surface area contributed by atoms with Crippen LogP contribution in [0.25, 0.3) is 0 Å². The van der Waals surface area contributed by atoms with E-state index in [0.717, 1.165) is 10.7 Å². The zero-order valence-corrected chi connectivity index (χ0v) is 11.3. The summed E-state index contributed by atoms with van der Waals surface area (Å²) < 4.78 is 0. The van der Waals surface area contributed by atoms with Crippen LogP contribution < -0.4 is 11.1 Å². The summed E-state index contributed by atoms with van der Waals surface area (Å²) in [6.45, 7) is 3.82. The van der Waals surface area contributed by atoms with Gasteiger partial charge in [0.05, 0.1) is 23.1 Å². The van der Waals surface area contributed by atoms with Crippen LogP contribution in [0.1, 0.15) is 23.7 Å². The summed E-state index contributed by atoms with van der Waals surface area (Å²) in [6.07, 6.45) is 0. The molecule has 0 radical (unpaired) electrons. The molecular weight excluding hydrogens is 266 g/mol. The number of pyridine rings is 1. The third kappa shape index (κ3) is 3.16. The predicted molar refractivity (Wildman–Crippen MR) is 74.2 cm³/mol. The lowest BCUT2D eigenvalue weighted by atomic mass is 10.3. The number of rotatable bonds is 4. The van der Waals surface area contributed by atoms with Gasteiger partial charge >= 0.3 is 0 Å². The molecule has 2 aromatic rings. The molecule has 0 aliphatic rings. The molecule has 0 aliphatic heterocycles. The van der Waals surface area contributed by atoms with Gasteiger partial charge in [0.15, 0.2) is 0 Å². The van der Waals surface area contributed by atoms with Crippen molar-refractivity contribution in [3.05, 3.63) is 38.3 Å². The van der Waals surface area contributed by atoms with Crippen LogP contribution in [0.15, 0.2) is 17.5 Å². The number of aromatic nitrogens is 2. The minimum Gasteiger partial charge on any atom is -0.383 e. The highest BCUT2D eigenvalue weighted by molar-refractivity contribution is 7.09. The fourth-order valence-electron chi connectivity index (χ4n) is 1.57. The fraction of sp³-hybridized carbons (Fsp3) is 0.273. The Morgan fingerprint density at radius 2 is 2.21 bits per heavy atom. The maximum Gasteiger partial charge on any atom is 0.276 e. The highest BCUT2D eigenvalue weighted by atomic mass is 32.1. The van der Waals surface area contributed by atoms with E-state index in [1.807, 2.05) is 19.2 Å². The lowest BCUT2D eigenvalue weighted by Gasteiger charge is -2.12. The topological polar surface area (TPSA) is 107 Å². The quantitative estimate of drug-likeness (QED) is 0.657. The van der Waals surface area contributed by atoms with E-state index < -0.39 is 4.92 Å². The molecule has 3 N–H and O–H groups in total. The largest absolute Gasteiger partial charge is 0.383 e. The van der Waals surface area contributed by atoms with Crippen LogP contribution >= 0.6 is 11.3 Å².